The van der Waals surface area contributed by atoms with Gasteiger partial charge in [0.1, 0.15) is 29.3 Å². The van der Waals surface area contributed by atoms with Gasteiger partial charge in [0.25, 0.3) is 0 Å². The number of esters is 1. The normalized spacial score (nSPS) is 13.5. The van der Waals surface area contributed by atoms with Gasteiger partial charge >= 0.3 is 12.1 Å². The molecule has 264 valence electrons. The van der Waals surface area contributed by atoms with Gasteiger partial charge in [0.15, 0.2) is 0 Å². The molecule has 0 aliphatic carbocycles. The van der Waals surface area contributed by atoms with Crippen molar-refractivity contribution in [3.8, 4) is 0 Å². The van der Waals surface area contributed by atoms with Crippen LogP contribution in [0.1, 0.15) is 89.2 Å². The Labute approximate surface area is 291 Å². The Bertz CT molecular complexity index is 1550. The van der Waals surface area contributed by atoms with Gasteiger partial charge in [0.2, 0.25) is 11.8 Å². The minimum atomic E-state index is -1.15. The van der Waals surface area contributed by atoms with Crippen LogP contribution in [0.25, 0.3) is 0 Å². The van der Waals surface area contributed by atoms with E-state index in [0.717, 1.165) is 22.3 Å². The lowest BCUT2D eigenvalue weighted by molar-refractivity contribution is -0.159. The van der Waals surface area contributed by atoms with Crippen LogP contribution in [0.3, 0.4) is 0 Å². The van der Waals surface area contributed by atoms with Crippen molar-refractivity contribution in [2.75, 3.05) is 0 Å². The van der Waals surface area contributed by atoms with Crippen LogP contribution >= 0.6 is 0 Å². The molecule has 49 heavy (non-hydrogen) atoms. The number of carbonyl (C=O) groups excluding carboxylic acids is 4. The number of hydrogen-bond donors (Lipinski definition) is 2. The van der Waals surface area contributed by atoms with Crippen molar-refractivity contribution in [2.45, 2.75) is 117 Å². The van der Waals surface area contributed by atoms with Crippen LogP contribution in [0, 0.1) is 13.8 Å². The van der Waals surface area contributed by atoms with Gasteiger partial charge in [0, 0.05) is 18.9 Å². The molecule has 0 aliphatic heterocycles. The Morgan fingerprint density at radius 1 is 0.653 bits per heavy atom. The SMILES string of the molecule is Cc1cccc(C)c1C(C(=O)NC(Cc1ccccc1)C(=O)OC(C)(C)C)N(C(=O)C(Cc1ccccc1)NC(=O)OC(C)(C)C)C(C)C. The first kappa shape index (κ1) is 38.8. The van der Waals surface area contributed by atoms with Gasteiger partial charge in [-0.1, -0.05) is 78.9 Å². The number of alkyl carbamates (subject to hydrolysis) is 1. The predicted molar refractivity (Wildman–Crippen MR) is 192 cm³/mol. The highest BCUT2D eigenvalue weighted by molar-refractivity contribution is 5.94. The third-order valence-electron chi connectivity index (χ3n) is 7.72. The summed E-state index contributed by atoms with van der Waals surface area (Å²) in [7, 11) is 0. The standard InChI is InChI=1S/C40H53N3O6/c1-26(2)43(36(45)31(24-29-20-13-11-14-21-29)42-38(47)49-40(8,9)10)34(33-27(3)18-17-19-28(33)4)35(44)41-32(37(46)48-39(5,6)7)25-30-22-15-12-16-23-30/h11-23,26,31-32,34H,24-25H2,1-10H3,(H,41,44)(H,42,47). The zero-order chi connectivity index (χ0) is 36.5. The van der Waals surface area contributed by atoms with Crippen molar-refractivity contribution >= 4 is 23.9 Å². The molecular weight excluding hydrogens is 618 g/mol. The molecule has 3 atom stereocenters. The van der Waals surface area contributed by atoms with E-state index in [9.17, 15) is 19.2 Å². The molecule has 0 saturated heterocycles. The first-order valence-electron chi connectivity index (χ1n) is 16.8. The number of ether oxygens (including phenoxy) is 2. The molecule has 0 fully saturated rings. The summed E-state index contributed by atoms with van der Waals surface area (Å²) >= 11 is 0. The van der Waals surface area contributed by atoms with Crippen LogP contribution < -0.4 is 10.6 Å². The molecule has 0 aromatic heterocycles. The summed E-state index contributed by atoms with van der Waals surface area (Å²) in [5, 5.41) is 5.76. The molecule has 3 aromatic carbocycles. The van der Waals surface area contributed by atoms with Crippen molar-refractivity contribution in [2.24, 2.45) is 0 Å². The average molecular weight is 672 g/mol. The second-order valence-electron chi connectivity index (χ2n) is 14.7. The van der Waals surface area contributed by atoms with Gasteiger partial charge in [-0.25, -0.2) is 9.59 Å². The fraction of sp³-hybridized carbons (Fsp3) is 0.450. The van der Waals surface area contributed by atoms with Gasteiger partial charge in [-0.05, 0) is 97.1 Å². The first-order valence-corrected chi connectivity index (χ1v) is 16.8. The molecule has 0 bridgehead atoms. The maximum absolute atomic E-state index is 14.8. The van der Waals surface area contributed by atoms with E-state index in [1.165, 1.54) is 4.90 Å². The fourth-order valence-corrected chi connectivity index (χ4v) is 5.68. The Hall–Kier alpha value is -4.66. The monoisotopic (exact) mass is 671 g/mol. The molecule has 0 radical (unpaired) electrons. The predicted octanol–water partition coefficient (Wildman–Crippen LogP) is 6.79. The minimum absolute atomic E-state index is 0.164. The number of amides is 3. The Balaban J connectivity index is 2.13. The molecule has 3 aromatic rings. The third-order valence-corrected chi connectivity index (χ3v) is 7.72. The van der Waals surface area contributed by atoms with Crippen LogP contribution in [0.5, 0.6) is 0 Å². The van der Waals surface area contributed by atoms with Crippen molar-refractivity contribution in [3.05, 3.63) is 107 Å². The molecule has 3 unspecified atom stereocenters. The summed E-state index contributed by atoms with van der Waals surface area (Å²) in [5.74, 6) is -1.59. The summed E-state index contributed by atoms with van der Waals surface area (Å²) in [4.78, 5) is 57.8. The van der Waals surface area contributed by atoms with Gasteiger partial charge in [-0.3, -0.25) is 9.59 Å². The van der Waals surface area contributed by atoms with E-state index in [1.54, 1.807) is 41.5 Å². The number of hydrogen-bond acceptors (Lipinski definition) is 6. The van der Waals surface area contributed by atoms with E-state index in [2.05, 4.69) is 10.6 Å². The molecular formula is C40H53N3O6. The summed E-state index contributed by atoms with van der Waals surface area (Å²) in [6.45, 7) is 18.0. The Morgan fingerprint density at radius 3 is 1.57 bits per heavy atom. The van der Waals surface area contributed by atoms with Crippen LogP contribution in [-0.4, -0.2) is 58.1 Å². The second-order valence-corrected chi connectivity index (χ2v) is 14.7. The number of aryl methyl sites for hydroxylation is 2. The first-order chi connectivity index (χ1) is 22.9. The molecule has 0 spiro atoms. The molecule has 3 rings (SSSR count). The minimum Gasteiger partial charge on any atom is -0.458 e. The van der Waals surface area contributed by atoms with E-state index in [-0.39, 0.29) is 12.8 Å². The van der Waals surface area contributed by atoms with Gasteiger partial charge in [0.05, 0.1) is 0 Å². The average Bonchev–Trinajstić information content (AvgIpc) is 2.98. The smallest absolute Gasteiger partial charge is 0.408 e. The highest BCUT2D eigenvalue weighted by Gasteiger charge is 2.40. The third kappa shape index (κ3) is 11.8. The van der Waals surface area contributed by atoms with Crippen LogP contribution in [0.15, 0.2) is 78.9 Å². The van der Waals surface area contributed by atoms with E-state index in [4.69, 9.17) is 9.47 Å². The molecule has 0 heterocycles. The van der Waals surface area contributed by atoms with E-state index in [1.807, 2.05) is 107 Å². The summed E-state index contributed by atoms with van der Waals surface area (Å²) in [6.07, 6.45) is -0.392. The maximum atomic E-state index is 14.8. The Kier molecular flexibility index (Phi) is 13.2. The number of nitrogens with one attached hydrogen (secondary N) is 2. The summed E-state index contributed by atoms with van der Waals surface area (Å²) < 4.78 is 11.3. The Morgan fingerprint density at radius 2 is 1.12 bits per heavy atom. The molecule has 0 aliphatic rings. The van der Waals surface area contributed by atoms with Crippen molar-refractivity contribution in [1.29, 1.82) is 0 Å². The number of nitrogens with zero attached hydrogens (tertiary/aromatic N) is 1. The van der Waals surface area contributed by atoms with Gasteiger partial charge < -0.3 is 25.0 Å². The maximum Gasteiger partial charge on any atom is 0.408 e. The summed E-state index contributed by atoms with van der Waals surface area (Å²) in [5.41, 5.74) is 2.31. The summed E-state index contributed by atoms with van der Waals surface area (Å²) in [6, 6.07) is 20.7. The second kappa shape index (κ2) is 16.6. The van der Waals surface area contributed by atoms with Gasteiger partial charge in [-0.2, -0.15) is 0 Å². The molecule has 2 N–H and O–H groups in total. The zero-order valence-corrected chi connectivity index (χ0v) is 30.6. The van der Waals surface area contributed by atoms with E-state index in [0.29, 0.717) is 5.56 Å². The van der Waals surface area contributed by atoms with Gasteiger partial charge in [-0.15, -0.1) is 0 Å². The number of rotatable bonds is 12. The van der Waals surface area contributed by atoms with E-state index < -0.39 is 59.2 Å². The topological polar surface area (TPSA) is 114 Å². The van der Waals surface area contributed by atoms with Crippen LogP contribution in [0.2, 0.25) is 0 Å². The van der Waals surface area contributed by atoms with Crippen LogP contribution in [0.4, 0.5) is 4.79 Å². The van der Waals surface area contributed by atoms with Crippen molar-refractivity contribution < 1.29 is 28.7 Å². The molecule has 0 saturated carbocycles. The van der Waals surface area contributed by atoms with Crippen molar-refractivity contribution in [1.82, 2.24) is 15.5 Å². The molecule has 3 amide bonds. The highest BCUT2D eigenvalue weighted by Crippen LogP contribution is 2.31. The molecule has 9 nitrogen and oxygen atoms in total. The zero-order valence-electron chi connectivity index (χ0n) is 30.6. The largest absolute Gasteiger partial charge is 0.458 e. The number of carbonyl (C=O) groups is 4. The van der Waals surface area contributed by atoms with Crippen molar-refractivity contribution in [3.63, 3.8) is 0 Å². The lowest BCUT2D eigenvalue weighted by Gasteiger charge is -2.39. The van der Waals surface area contributed by atoms with E-state index >= 15 is 0 Å². The lowest BCUT2D eigenvalue weighted by Crippen LogP contribution is -2.57. The molecule has 9 heteroatoms. The quantitative estimate of drug-likeness (QED) is 0.205. The highest BCUT2D eigenvalue weighted by atomic mass is 16.6. The lowest BCUT2D eigenvalue weighted by atomic mass is 9.92. The van der Waals surface area contributed by atoms with Crippen LogP contribution in [-0.2, 0) is 36.7 Å². The number of benzene rings is 3. The fourth-order valence-electron chi connectivity index (χ4n) is 5.68.